The third-order valence-corrected chi connectivity index (χ3v) is 10.9. The van der Waals surface area contributed by atoms with Crippen LogP contribution in [0.4, 0.5) is 0 Å². The first-order valence-corrected chi connectivity index (χ1v) is 23.3. The molecule has 14 heteroatoms. The van der Waals surface area contributed by atoms with Crippen LogP contribution in [0.1, 0.15) is 194 Å². The van der Waals surface area contributed by atoms with Crippen molar-refractivity contribution in [3.63, 3.8) is 0 Å². The van der Waals surface area contributed by atoms with E-state index in [0.29, 0.717) is 12.8 Å². The third-order valence-electron chi connectivity index (χ3n) is 9.88. The van der Waals surface area contributed by atoms with Gasteiger partial charge in [0.2, 0.25) is 0 Å². The molecule has 0 rings (SSSR count). The Labute approximate surface area is 332 Å². The summed E-state index contributed by atoms with van der Waals surface area (Å²) >= 11 is 0. The molecule has 6 N–H and O–H groups in total. The minimum atomic E-state index is -5.04. The molecule has 0 spiro atoms. The Hall–Kier alpha value is -1.15. The summed E-state index contributed by atoms with van der Waals surface area (Å²) in [7, 11) is -5.04. The van der Waals surface area contributed by atoms with Crippen molar-refractivity contribution in [2.24, 2.45) is 0 Å². The van der Waals surface area contributed by atoms with Gasteiger partial charge in [0.15, 0.2) is 6.10 Å². The van der Waals surface area contributed by atoms with E-state index in [-0.39, 0.29) is 12.8 Å². The van der Waals surface area contributed by atoms with Crippen molar-refractivity contribution in [1.29, 1.82) is 0 Å². The van der Waals surface area contributed by atoms with E-state index in [4.69, 9.17) is 23.6 Å². The van der Waals surface area contributed by atoms with Gasteiger partial charge in [0.25, 0.3) is 0 Å². The smallest absolute Gasteiger partial charge is 0.462 e. The molecule has 0 saturated carbocycles. The Morgan fingerprint density at radius 1 is 0.527 bits per heavy atom. The number of phosphoric acid groups is 1. The number of rotatable bonds is 41. The molecular weight excluding hydrogens is 731 g/mol. The van der Waals surface area contributed by atoms with E-state index in [0.717, 1.165) is 38.5 Å². The van der Waals surface area contributed by atoms with E-state index in [1.54, 1.807) is 0 Å². The molecule has 1 unspecified atom stereocenters. The highest BCUT2D eigenvalue weighted by Gasteiger charge is 2.37. The van der Waals surface area contributed by atoms with Gasteiger partial charge in [-0.3, -0.25) is 18.6 Å². The molecule has 0 bridgehead atoms. The van der Waals surface area contributed by atoms with E-state index < -0.39 is 76.7 Å². The van der Waals surface area contributed by atoms with Crippen molar-refractivity contribution in [2.75, 3.05) is 26.4 Å². The monoisotopic (exact) mass is 813 g/mol. The normalized spacial score (nSPS) is 15.6. The van der Waals surface area contributed by atoms with Crippen LogP contribution >= 0.6 is 7.82 Å². The lowest BCUT2D eigenvalue weighted by molar-refractivity contribution is -0.161. The average molecular weight is 813 g/mol. The summed E-state index contributed by atoms with van der Waals surface area (Å²) in [6, 6.07) is 0. The van der Waals surface area contributed by atoms with Gasteiger partial charge >= 0.3 is 19.8 Å². The Balaban J connectivity index is 4.74. The molecular formula is C41H81O13P. The summed E-state index contributed by atoms with van der Waals surface area (Å²) in [5, 5.41) is 48.2. The minimum Gasteiger partial charge on any atom is -0.462 e. The van der Waals surface area contributed by atoms with Crippen LogP contribution in [-0.4, -0.2) is 99.3 Å². The van der Waals surface area contributed by atoms with Crippen LogP contribution in [0.25, 0.3) is 0 Å². The fraction of sp³-hybridized carbons (Fsp3) is 0.951. The number of phosphoric ester groups is 1. The Bertz CT molecular complexity index is 940. The van der Waals surface area contributed by atoms with Crippen LogP contribution in [-0.2, 0) is 32.7 Å². The van der Waals surface area contributed by atoms with Crippen LogP contribution in [0.3, 0.4) is 0 Å². The number of carbonyl (C=O) groups excluding carboxylic acids is 2. The predicted octanol–water partition coefficient (Wildman–Crippen LogP) is 7.97. The highest BCUT2D eigenvalue weighted by molar-refractivity contribution is 7.47. The first kappa shape index (κ1) is 53.9. The number of ether oxygens (including phenoxy) is 2. The van der Waals surface area contributed by atoms with Crippen molar-refractivity contribution in [2.45, 2.75) is 224 Å². The zero-order chi connectivity index (χ0) is 41.0. The van der Waals surface area contributed by atoms with Gasteiger partial charge in [0, 0.05) is 12.8 Å². The maximum absolute atomic E-state index is 12.7. The predicted molar refractivity (Wildman–Crippen MR) is 214 cm³/mol. The maximum Gasteiger partial charge on any atom is 0.472 e. The second kappa shape index (κ2) is 37.1. The van der Waals surface area contributed by atoms with Crippen molar-refractivity contribution >= 4 is 19.8 Å². The lowest BCUT2D eigenvalue weighted by atomic mass is 10.0. The van der Waals surface area contributed by atoms with Gasteiger partial charge in [-0.05, 0) is 12.8 Å². The molecule has 6 atom stereocenters. The van der Waals surface area contributed by atoms with Crippen molar-refractivity contribution in [3.8, 4) is 0 Å². The molecule has 55 heavy (non-hydrogen) atoms. The van der Waals surface area contributed by atoms with Crippen LogP contribution < -0.4 is 0 Å². The molecule has 0 amide bonds. The highest BCUT2D eigenvalue weighted by Crippen LogP contribution is 2.45. The van der Waals surface area contributed by atoms with Crippen LogP contribution in [0, 0.1) is 0 Å². The average Bonchev–Trinajstić information content (AvgIpc) is 3.17. The second-order valence-electron chi connectivity index (χ2n) is 15.1. The Morgan fingerprint density at radius 2 is 0.909 bits per heavy atom. The summed E-state index contributed by atoms with van der Waals surface area (Å²) < 4.78 is 33.3. The van der Waals surface area contributed by atoms with Crippen LogP contribution in [0.2, 0.25) is 0 Å². The van der Waals surface area contributed by atoms with Gasteiger partial charge in [-0.1, -0.05) is 168 Å². The lowest BCUT2D eigenvalue weighted by Gasteiger charge is -2.28. The number of carbonyl (C=O) groups is 2. The second-order valence-corrected chi connectivity index (χ2v) is 16.5. The molecule has 0 aliphatic carbocycles. The number of aliphatic hydroxyl groups is 5. The van der Waals surface area contributed by atoms with E-state index in [1.165, 1.54) is 116 Å². The van der Waals surface area contributed by atoms with Gasteiger partial charge in [-0.15, -0.1) is 0 Å². The summed E-state index contributed by atoms with van der Waals surface area (Å²) in [6.07, 6.45) is 21.6. The SMILES string of the molecule is CCCCCCCCCCCCCCCC(=O)OC[C@H](COP(=O)(O)O[C@H](CO)[C@@H](O)[C@H](O)[C@H](O)CO)OC(=O)CCCCCCCCCCCCCCC. The molecule has 0 saturated heterocycles. The van der Waals surface area contributed by atoms with Crippen molar-refractivity contribution < 1.29 is 63.1 Å². The molecule has 0 aromatic rings. The zero-order valence-electron chi connectivity index (χ0n) is 34.5. The topological polar surface area (TPSA) is 210 Å². The molecule has 0 heterocycles. The Kier molecular flexibility index (Phi) is 36.4. The van der Waals surface area contributed by atoms with Gasteiger partial charge in [0.1, 0.15) is 31.0 Å². The Morgan fingerprint density at radius 3 is 1.29 bits per heavy atom. The third kappa shape index (κ3) is 32.5. The maximum atomic E-state index is 12.7. The number of hydrogen-bond acceptors (Lipinski definition) is 12. The van der Waals surface area contributed by atoms with Crippen molar-refractivity contribution in [1.82, 2.24) is 0 Å². The van der Waals surface area contributed by atoms with Crippen molar-refractivity contribution in [3.05, 3.63) is 0 Å². The van der Waals surface area contributed by atoms with Gasteiger partial charge < -0.3 is 39.9 Å². The molecule has 13 nitrogen and oxygen atoms in total. The first-order chi connectivity index (χ1) is 26.5. The number of unbranched alkanes of at least 4 members (excludes halogenated alkanes) is 24. The lowest BCUT2D eigenvalue weighted by Crippen LogP contribution is -2.47. The number of esters is 2. The minimum absolute atomic E-state index is 0.109. The number of hydrogen-bond donors (Lipinski definition) is 6. The molecule has 0 aliphatic rings. The summed E-state index contributed by atoms with van der Waals surface area (Å²) in [5.41, 5.74) is 0. The molecule has 0 fully saturated rings. The fourth-order valence-electron chi connectivity index (χ4n) is 6.33. The zero-order valence-corrected chi connectivity index (χ0v) is 35.4. The number of aliphatic hydroxyl groups excluding tert-OH is 5. The summed E-state index contributed by atoms with van der Waals surface area (Å²) in [6.45, 7) is 1.36. The van der Waals surface area contributed by atoms with Crippen LogP contribution in [0.15, 0.2) is 0 Å². The molecule has 0 aromatic heterocycles. The fourth-order valence-corrected chi connectivity index (χ4v) is 7.28. The van der Waals surface area contributed by atoms with Crippen LogP contribution in [0.5, 0.6) is 0 Å². The first-order valence-electron chi connectivity index (χ1n) is 21.8. The van der Waals surface area contributed by atoms with E-state index in [1.807, 2.05) is 0 Å². The summed E-state index contributed by atoms with van der Waals surface area (Å²) in [4.78, 5) is 35.5. The van der Waals surface area contributed by atoms with E-state index in [2.05, 4.69) is 13.8 Å². The van der Waals surface area contributed by atoms with Gasteiger partial charge in [0.05, 0.1) is 19.8 Å². The molecule has 328 valence electrons. The van der Waals surface area contributed by atoms with Gasteiger partial charge in [-0.25, -0.2) is 4.57 Å². The standard InChI is InChI=1S/C41H81O13P/c1-3-5-7-9-11-13-15-17-19-21-23-25-27-29-38(45)51-33-35(34-52-55(49,50)54-37(32-43)41(48)40(47)36(44)31-42)53-39(46)30-28-26-24-22-20-18-16-14-12-10-8-6-4-2/h35-37,40-44,47-48H,3-34H2,1-2H3,(H,49,50)/t35-,36-,37-,40-,41-/m1/s1. The van der Waals surface area contributed by atoms with Gasteiger partial charge in [-0.2, -0.15) is 0 Å². The van der Waals surface area contributed by atoms with E-state index in [9.17, 15) is 39.5 Å². The molecule has 0 aliphatic heterocycles. The molecule has 0 radical (unpaired) electrons. The largest absolute Gasteiger partial charge is 0.472 e. The quantitative estimate of drug-likeness (QED) is 0.0197. The summed E-state index contributed by atoms with van der Waals surface area (Å²) in [5.74, 6) is -1.08. The van der Waals surface area contributed by atoms with E-state index >= 15 is 0 Å². The molecule has 0 aromatic carbocycles. The highest BCUT2D eigenvalue weighted by atomic mass is 31.2.